The molecule has 2 aliphatic rings. The molecule has 1 aromatic rings. The van der Waals surface area contributed by atoms with Gasteiger partial charge in [-0.2, -0.15) is 0 Å². The molecule has 6 nitrogen and oxygen atoms in total. The number of carbonyl (C=O) groups excluding carboxylic acids is 2. The maximum atomic E-state index is 12.9. The normalized spacial score (nSPS) is 20.3. The highest BCUT2D eigenvalue weighted by Crippen LogP contribution is 2.19. The first-order valence-corrected chi connectivity index (χ1v) is 11.0. The first-order valence-electron chi connectivity index (χ1n) is 11.0. The third-order valence-electron chi connectivity index (χ3n) is 6.19. The predicted molar refractivity (Wildman–Crippen MR) is 114 cm³/mol. The zero-order valence-corrected chi connectivity index (χ0v) is 17.9. The summed E-state index contributed by atoms with van der Waals surface area (Å²) >= 11 is 0. The van der Waals surface area contributed by atoms with E-state index < -0.39 is 0 Å². The second-order valence-electron chi connectivity index (χ2n) is 8.28. The van der Waals surface area contributed by atoms with Crippen molar-refractivity contribution in [2.24, 2.45) is 0 Å². The molecule has 2 aliphatic heterocycles. The number of piperidine rings is 2. The Morgan fingerprint density at radius 3 is 2.66 bits per heavy atom. The van der Waals surface area contributed by atoms with Crippen molar-refractivity contribution in [2.45, 2.75) is 51.5 Å². The van der Waals surface area contributed by atoms with E-state index in [2.05, 4.69) is 4.90 Å². The van der Waals surface area contributed by atoms with E-state index in [1.54, 1.807) is 14.0 Å². The van der Waals surface area contributed by atoms with Gasteiger partial charge in [-0.05, 0) is 56.5 Å². The minimum absolute atomic E-state index is 0.120. The molecule has 2 saturated heterocycles. The van der Waals surface area contributed by atoms with Gasteiger partial charge in [-0.1, -0.05) is 18.6 Å². The fourth-order valence-corrected chi connectivity index (χ4v) is 4.53. The predicted octanol–water partition coefficient (Wildman–Crippen LogP) is 2.56. The lowest BCUT2D eigenvalue weighted by Gasteiger charge is -2.40. The first-order chi connectivity index (χ1) is 14.1. The van der Waals surface area contributed by atoms with Gasteiger partial charge >= 0.3 is 0 Å². The van der Waals surface area contributed by atoms with E-state index in [0.717, 1.165) is 56.9 Å². The highest BCUT2D eigenvalue weighted by Gasteiger charge is 2.29. The van der Waals surface area contributed by atoms with Gasteiger partial charge in [0.25, 0.3) is 0 Å². The molecule has 160 valence electrons. The third kappa shape index (κ3) is 6.20. The van der Waals surface area contributed by atoms with Crippen molar-refractivity contribution >= 4 is 11.8 Å². The van der Waals surface area contributed by atoms with Gasteiger partial charge in [0.05, 0.1) is 13.5 Å². The minimum atomic E-state index is 0.120. The lowest BCUT2D eigenvalue weighted by molar-refractivity contribution is -0.138. The van der Waals surface area contributed by atoms with Gasteiger partial charge in [0, 0.05) is 39.1 Å². The standard InChI is InChI=1S/C23H35N3O3/c1-19(27)26(15-14-24-11-4-3-5-12-24)21-9-7-13-25(18-21)23(28)17-20-8-6-10-22(16-20)29-2/h6,8,10,16,21H,3-5,7,9,11-15,17-18H2,1-2H3. The fourth-order valence-electron chi connectivity index (χ4n) is 4.53. The molecule has 0 aromatic heterocycles. The third-order valence-corrected chi connectivity index (χ3v) is 6.19. The molecule has 0 saturated carbocycles. The van der Waals surface area contributed by atoms with Gasteiger partial charge in [-0.25, -0.2) is 0 Å². The van der Waals surface area contributed by atoms with Crippen molar-refractivity contribution < 1.29 is 14.3 Å². The maximum Gasteiger partial charge on any atom is 0.227 e. The smallest absolute Gasteiger partial charge is 0.227 e. The van der Waals surface area contributed by atoms with Crippen LogP contribution in [-0.4, -0.2) is 78.9 Å². The summed E-state index contributed by atoms with van der Waals surface area (Å²) in [6, 6.07) is 7.80. The van der Waals surface area contributed by atoms with Gasteiger partial charge in [0.1, 0.15) is 5.75 Å². The van der Waals surface area contributed by atoms with Crippen LogP contribution in [-0.2, 0) is 16.0 Å². The van der Waals surface area contributed by atoms with Crippen molar-refractivity contribution in [2.75, 3.05) is 46.4 Å². The number of methoxy groups -OCH3 is 1. The monoisotopic (exact) mass is 401 g/mol. The largest absolute Gasteiger partial charge is 0.497 e. The average molecular weight is 402 g/mol. The van der Waals surface area contributed by atoms with Crippen LogP contribution in [0.4, 0.5) is 0 Å². The number of rotatable bonds is 7. The highest BCUT2D eigenvalue weighted by atomic mass is 16.5. The van der Waals surface area contributed by atoms with E-state index in [4.69, 9.17) is 4.74 Å². The van der Waals surface area contributed by atoms with Crippen LogP contribution in [0.2, 0.25) is 0 Å². The van der Waals surface area contributed by atoms with Crippen molar-refractivity contribution in [3.05, 3.63) is 29.8 Å². The molecule has 1 atom stereocenters. The molecule has 0 bridgehead atoms. The zero-order chi connectivity index (χ0) is 20.6. The number of nitrogens with zero attached hydrogens (tertiary/aromatic N) is 3. The van der Waals surface area contributed by atoms with Gasteiger partial charge in [-0.3, -0.25) is 9.59 Å². The topological polar surface area (TPSA) is 53.1 Å². The van der Waals surface area contributed by atoms with Gasteiger partial charge < -0.3 is 19.4 Å². The van der Waals surface area contributed by atoms with E-state index in [1.807, 2.05) is 34.1 Å². The second kappa shape index (κ2) is 10.6. The van der Waals surface area contributed by atoms with Crippen LogP contribution in [0.3, 0.4) is 0 Å². The summed E-state index contributed by atoms with van der Waals surface area (Å²) < 4.78 is 5.26. The SMILES string of the molecule is COc1cccc(CC(=O)N2CCCC(N(CCN3CCCCC3)C(C)=O)C2)c1. The van der Waals surface area contributed by atoms with Crippen LogP contribution in [0, 0.1) is 0 Å². The summed E-state index contributed by atoms with van der Waals surface area (Å²) in [5, 5.41) is 0. The van der Waals surface area contributed by atoms with Crippen molar-refractivity contribution in [3.63, 3.8) is 0 Å². The summed E-state index contributed by atoms with van der Waals surface area (Å²) in [6.45, 7) is 7.06. The zero-order valence-electron chi connectivity index (χ0n) is 17.9. The summed E-state index contributed by atoms with van der Waals surface area (Å²) in [5.41, 5.74) is 0.963. The number of amides is 2. The Balaban J connectivity index is 1.56. The number of hydrogen-bond acceptors (Lipinski definition) is 4. The van der Waals surface area contributed by atoms with E-state index in [0.29, 0.717) is 13.0 Å². The number of benzene rings is 1. The van der Waals surface area contributed by atoms with Crippen LogP contribution >= 0.6 is 0 Å². The van der Waals surface area contributed by atoms with E-state index in [-0.39, 0.29) is 17.9 Å². The van der Waals surface area contributed by atoms with Crippen LogP contribution in [0.1, 0.15) is 44.6 Å². The van der Waals surface area contributed by atoms with E-state index in [1.165, 1.54) is 19.3 Å². The molecule has 0 aliphatic carbocycles. The van der Waals surface area contributed by atoms with Gasteiger partial charge in [0.2, 0.25) is 11.8 Å². The number of carbonyl (C=O) groups is 2. The van der Waals surface area contributed by atoms with Crippen LogP contribution < -0.4 is 4.74 Å². The van der Waals surface area contributed by atoms with Crippen molar-refractivity contribution in [1.29, 1.82) is 0 Å². The Morgan fingerprint density at radius 2 is 1.93 bits per heavy atom. The van der Waals surface area contributed by atoms with E-state index in [9.17, 15) is 9.59 Å². The number of likely N-dealkylation sites (tertiary alicyclic amines) is 2. The quantitative estimate of drug-likeness (QED) is 0.705. The Kier molecular flexibility index (Phi) is 7.92. The Hall–Kier alpha value is -2.08. The highest BCUT2D eigenvalue weighted by molar-refractivity contribution is 5.79. The minimum Gasteiger partial charge on any atom is -0.497 e. The Labute approximate surface area is 174 Å². The van der Waals surface area contributed by atoms with Crippen molar-refractivity contribution in [3.8, 4) is 5.75 Å². The molecular formula is C23H35N3O3. The maximum absolute atomic E-state index is 12.9. The summed E-state index contributed by atoms with van der Waals surface area (Å²) in [6.07, 6.45) is 6.13. The number of ether oxygens (including phenoxy) is 1. The summed E-state index contributed by atoms with van der Waals surface area (Å²) in [4.78, 5) is 31.6. The van der Waals surface area contributed by atoms with Crippen LogP contribution in [0.15, 0.2) is 24.3 Å². The molecule has 2 heterocycles. The molecule has 1 aromatic carbocycles. The molecule has 0 radical (unpaired) electrons. The summed E-state index contributed by atoms with van der Waals surface area (Å²) in [7, 11) is 1.64. The average Bonchev–Trinajstić information content (AvgIpc) is 2.75. The van der Waals surface area contributed by atoms with E-state index >= 15 is 0 Å². The second-order valence-corrected chi connectivity index (χ2v) is 8.28. The van der Waals surface area contributed by atoms with Crippen molar-refractivity contribution in [1.82, 2.24) is 14.7 Å². The molecule has 6 heteroatoms. The fraction of sp³-hybridized carbons (Fsp3) is 0.652. The molecule has 3 rings (SSSR count). The van der Waals surface area contributed by atoms with Crippen LogP contribution in [0.5, 0.6) is 5.75 Å². The summed E-state index contributed by atoms with van der Waals surface area (Å²) in [5.74, 6) is 1.02. The lowest BCUT2D eigenvalue weighted by atomic mass is 10.0. The van der Waals surface area contributed by atoms with Crippen LogP contribution in [0.25, 0.3) is 0 Å². The van der Waals surface area contributed by atoms with Gasteiger partial charge in [-0.15, -0.1) is 0 Å². The molecule has 29 heavy (non-hydrogen) atoms. The molecule has 2 amide bonds. The number of hydrogen-bond donors (Lipinski definition) is 0. The van der Waals surface area contributed by atoms with Gasteiger partial charge in [0.15, 0.2) is 0 Å². The Bertz CT molecular complexity index is 688. The molecule has 0 spiro atoms. The molecule has 0 N–H and O–H groups in total. The molecule has 2 fully saturated rings. The first kappa shape index (κ1) is 21.6. The lowest BCUT2D eigenvalue weighted by Crippen LogP contribution is -2.53. The Morgan fingerprint density at radius 1 is 1.14 bits per heavy atom. The molecular weight excluding hydrogens is 366 g/mol. The molecule has 1 unspecified atom stereocenters.